The third-order valence-electron chi connectivity index (χ3n) is 2.90. The number of pyridine rings is 1. The molecule has 1 unspecified atom stereocenters. The minimum atomic E-state index is -2.98. The molecule has 98 valence electrons. The summed E-state index contributed by atoms with van der Waals surface area (Å²) in [7, 11) is -2.98. The van der Waals surface area contributed by atoms with Crippen LogP contribution in [-0.4, -0.2) is 43.3 Å². The lowest BCUT2D eigenvalue weighted by atomic mass is 10.1. The Labute approximate surface area is 107 Å². The van der Waals surface area contributed by atoms with Crippen molar-refractivity contribution in [1.82, 2.24) is 10.3 Å². The highest BCUT2D eigenvalue weighted by atomic mass is 32.2. The van der Waals surface area contributed by atoms with Gasteiger partial charge in [0.05, 0.1) is 11.5 Å². The van der Waals surface area contributed by atoms with Gasteiger partial charge in [0.2, 0.25) is 0 Å². The fraction of sp³-hybridized carbons (Fsp3) is 0.500. The molecule has 1 N–H and O–H groups in total. The number of rotatable bonds is 4. The van der Waals surface area contributed by atoms with Gasteiger partial charge in [0.15, 0.2) is 9.84 Å². The summed E-state index contributed by atoms with van der Waals surface area (Å²) in [6.45, 7) is 0.438. The number of Topliss-reactive ketones (excluding diaryl/α,β-unsaturated/α-hetero) is 1. The Hall–Kier alpha value is -1.27. The molecule has 0 saturated carbocycles. The van der Waals surface area contributed by atoms with E-state index in [4.69, 9.17) is 0 Å². The fourth-order valence-corrected chi connectivity index (χ4v) is 3.52. The van der Waals surface area contributed by atoms with Crippen molar-refractivity contribution in [1.29, 1.82) is 0 Å². The Bertz CT molecular complexity index is 513. The van der Waals surface area contributed by atoms with Crippen LogP contribution in [0.1, 0.15) is 12.0 Å². The summed E-state index contributed by atoms with van der Waals surface area (Å²) in [5, 5.41) is 3.08. The quantitative estimate of drug-likeness (QED) is 0.830. The first-order valence-corrected chi connectivity index (χ1v) is 7.72. The maximum absolute atomic E-state index is 11.8. The van der Waals surface area contributed by atoms with Gasteiger partial charge in [-0.25, -0.2) is 8.42 Å². The molecular weight excluding hydrogens is 252 g/mol. The van der Waals surface area contributed by atoms with Gasteiger partial charge in [-0.15, -0.1) is 0 Å². The highest BCUT2D eigenvalue weighted by molar-refractivity contribution is 7.91. The Balaban J connectivity index is 1.88. The number of carbonyl (C=O) groups is 1. The van der Waals surface area contributed by atoms with Crippen LogP contribution in [0.2, 0.25) is 0 Å². The number of carbonyl (C=O) groups excluding carboxylic acids is 1. The second kappa shape index (κ2) is 5.58. The normalized spacial score (nSPS) is 22.6. The van der Waals surface area contributed by atoms with Crippen molar-refractivity contribution in [2.24, 2.45) is 0 Å². The van der Waals surface area contributed by atoms with Crippen molar-refractivity contribution in [2.45, 2.75) is 18.9 Å². The molecule has 2 heterocycles. The smallest absolute Gasteiger partial charge is 0.153 e. The topological polar surface area (TPSA) is 76.1 Å². The molecule has 18 heavy (non-hydrogen) atoms. The van der Waals surface area contributed by atoms with Crippen LogP contribution < -0.4 is 5.32 Å². The minimum Gasteiger partial charge on any atom is -0.312 e. The van der Waals surface area contributed by atoms with Crippen molar-refractivity contribution in [3.63, 3.8) is 0 Å². The predicted molar refractivity (Wildman–Crippen MR) is 68.0 cm³/mol. The average molecular weight is 268 g/mol. The second-order valence-corrected chi connectivity index (χ2v) is 6.77. The second-order valence-electron chi connectivity index (χ2n) is 4.55. The molecule has 0 spiro atoms. The average Bonchev–Trinajstić information content (AvgIpc) is 2.28. The van der Waals surface area contributed by atoms with Crippen LogP contribution in [0.5, 0.6) is 0 Å². The van der Waals surface area contributed by atoms with Gasteiger partial charge in [-0.1, -0.05) is 6.07 Å². The Morgan fingerprint density at radius 1 is 1.50 bits per heavy atom. The summed E-state index contributed by atoms with van der Waals surface area (Å²) in [5.74, 6) is 0.268. The van der Waals surface area contributed by atoms with Gasteiger partial charge in [-0.2, -0.15) is 0 Å². The number of aromatic nitrogens is 1. The van der Waals surface area contributed by atoms with Crippen molar-refractivity contribution < 1.29 is 13.2 Å². The number of nitrogens with one attached hydrogen (secondary N) is 1. The Morgan fingerprint density at radius 2 is 2.33 bits per heavy atom. The predicted octanol–water partition coefficient (Wildman–Crippen LogP) is -0.0301. The van der Waals surface area contributed by atoms with E-state index in [2.05, 4.69) is 10.3 Å². The van der Waals surface area contributed by atoms with Crippen LogP contribution in [0.3, 0.4) is 0 Å². The number of sulfone groups is 1. The van der Waals surface area contributed by atoms with E-state index in [1.54, 1.807) is 18.5 Å². The van der Waals surface area contributed by atoms with Crippen molar-refractivity contribution >= 4 is 15.6 Å². The van der Waals surface area contributed by atoms with Crippen LogP contribution in [0.15, 0.2) is 24.5 Å². The lowest BCUT2D eigenvalue weighted by Crippen LogP contribution is -2.46. The van der Waals surface area contributed by atoms with E-state index in [0.717, 1.165) is 5.56 Å². The monoisotopic (exact) mass is 268 g/mol. The van der Waals surface area contributed by atoms with Gasteiger partial charge in [-0.3, -0.25) is 9.78 Å². The molecular formula is C12H16N2O3S. The van der Waals surface area contributed by atoms with E-state index in [-0.39, 0.29) is 29.8 Å². The molecule has 2 rings (SSSR count). The van der Waals surface area contributed by atoms with Gasteiger partial charge in [-0.05, 0) is 11.6 Å². The van der Waals surface area contributed by atoms with Gasteiger partial charge in [0, 0.05) is 37.8 Å². The maximum atomic E-state index is 11.8. The molecule has 1 saturated heterocycles. The van der Waals surface area contributed by atoms with Crippen LogP contribution in [0.25, 0.3) is 0 Å². The summed E-state index contributed by atoms with van der Waals surface area (Å²) in [6, 6.07) is 3.38. The SMILES string of the molecule is O=C(Cc1cccnc1)CC1CS(=O)(=O)CCN1. The number of hydrogen-bond acceptors (Lipinski definition) is 5. The van der Waals surface area contributed by atoms with Gasteiger partial charge in [0.1, 0.15) is 5.78 Å². The Kier molecular flexibility index (Phi) is 4.08. The van der Waals surface area contributed by atoms with E-state index >= 15 is 0 Å². The molecule has 1 fully saturated rings. The molecule has 5 nitrogen and oxygen atoms in total. The van der Waals surface area contributed by atoms with Crippen LogP contribution in [0, 0.1) is 0 Å². The summed E-state index contributed by atoms with van der Waals surface area (Å²) in [4.78, 5) is 15.8. The number of hydrogen-bond donors (Lipinski definition) is 1. The van der Waals surface area contributed by atoms with Crippen molar-refractivity contribution in [3.8, 4) is 0 Å². The number of ketones is 1. The lowest BCUT2D eigenvalue weighted by molar-refractivity contribution is -0.118. The molecule has 0 aliphatic carbocycles. The summed E-state index contributed by atoms with van der Waals surface area (Å²) < 4.78 is 22.9. The minimum absolute atomic E-state index is 0.0394. The van der Waals surface area contributed by atoms with Crippen LogP contribution in [-0.2, 0) is 21.1 Å². The highest BCUT2D eigenvalue weighted by Gasteiger charge is 2.25. The molecule has 1 aliphatic rings. The van der Waals surface area contributed by atoms with E-state index in [1.807, 2.05) is 6.07 Å². The molecule has 1 aromatic heterocycles. The molecule has 0 amide bonds. The van der Waals surface area contributed by atoms with Gasteiger partial charge in [0.25, 0.3) is 0 Å². The molecule has 0 bridgehead atoms. The third kappa shape index (κ3) is 3.89. The van der Waals surface area contributed by atoms with E-state index in [1.165, 1.54) is 0 Å². The molecule has 1 atom stereocenters. The lowest BCUT2D eigenvalue weighted by Gasteiger charge is -2.22. The first-order valence-electron chi connectivity index (χ1n) is 5.89. The van der Waals surface area contributed by atoms with Gasteiger partial charge >= 0.3 is 0 Å². The third-order valence-corrected chi connectivity index (χ3v) is 4.64. The molecule has 0 aromatic carbocycles. The molecule has 1 aromatic rings. The van der Waals surface area contributed by atoms with E-state index < -0.39 is 9.84 Å². The Morgan fingerprint density at radius 3 is 3.00 bits per heavy atom. The zero-order valence-electron chi connectivity index (χ0n) is 10.0. The zero-order chi connectivity index (χ0) is 13.0. The largest absolute Gasteiger partial charge is 0.312 e. The number of nitrogens with zero attached hydrogens (tertiary/aromatic N) is 1. The van der Waals surface area contributed by atoms with Crippen molar-refractivity contribution in [3.05, 3.63) is 30.1 Å². The summed E-state index contributed by atoms with van der Waals surface area (Å²) in [5.41, 5.74) is 0.862. The van der Waals surface area contributed by atoms with Gasteiger partial charge < -0.3 is 5.32 Å². The first-order chi connectivity index (χ1) is 8.55. The van der Waals surface area contributed by atoms with E-state index in [9.17, 15) is 13.2 Å². The first kappa shape index (κ1) is 13.2. The molecule has 1 aliphatic heterocycles. The van der Waals surface area contributed by atoms with Crippen molar-refractivity contribution in [2.75, 3.05) is 18.1 Å². The molecule has 0 radical (unpaired) electrons. The summed E-state index contributed by atoms with van der Waals surface area (Å²) >= 11 is 0. The van der Waals surface area contributed by atoms with Crippen LogP contribution in [0.4, 0.5) is 0 Å². The fourth-order valence-electron chi connectivity index (χ4n) is 2.08. The maximum Gasteiger partial charge on any atom is 0.153 e. The standard InChI is InChI=1S/C12H16N2O3S/c15-12(6-10-2-1-3-13-8-10)7-11-9-18(16,17)5-4-14-11/h1-3,8,11,14H,4-7,9H2. The zero-order valence-corrected chi connectivity index (χ0v) is 10.8. The van der Waals surface area contributed by atoms with E-state index in [0.29, 0.717) is 13.0 Å². The highest BCUT2D eigenvalue weighted by Crippen LogP contribution is 2.08. The van der Waals surface area contributed by atoms with Crippen LogP contribution >= 0.6 is 0 Å². The summed E-state index contributed by atoms with van der Waals surface area (Å²) in [6.07, 6.45) is 3.88. The molecule has 6 heteroatoms.